The minimum atomic E-state index is -5.02. The zero-order valence-corrected chi connectivity index (χ0v) is 17.5. The fraction of sp³-hybridized carbons (Fsp3) is 0.435. The molecular weight excluding hydrogens is 432 g/mol. The van der Waals surface area contributed by atoms with Gasteiger partial charge in [0.15, 0.2) is 17.9 Å². The van der Waals surface area contributed by atoms with E-state index in [2.05, 4.69) is 11.7 Å². The van der Waals surface area contributed by atoms with E-state index in [1.165, 1.54) is 0 Å². The van der Waals surface area contributed by atoms with Crippen molar-refractivity contribution in [2.45, 2.75) is 45.3 Å². The van der Waals surface area contributed by atoms with Crippen molar-refractivity contribution in [3.05, 3.63) is 59.4 Å². The molecule has 0 unspecified atom stereocenters. The maximum Gasteiger partial charge on any atom is 0.573 e. The number of esters is 1. The van der Waals surface area contributed by atoms with Gasteiger partial charge in [-0.25, -0.2) is 9.18 Å². The fourth-order valence-corrected chi connectivity index (χ4v) is 3.34. The summed E-state index contributed by atoms with van der Waals surface area (Å²) in [7, 11) is 0. The van der Waals surface area contributed by atoms with Crippen LogP contribution in [-0.2, 0) is 15.9 Å². The number of benzene rings is 2. The lowest BCUT2D eigenvalue weighted by atomic mass is 10.0. The molecule has 1 saturated heterocycles. The van der Waals surface area contributed by atoms with E-state index in [1.54, 1.807) is 24.3 Å². The van der Waals surface area contributed by atoms with E-state index in [1.807, 2.05) is 0 Å². The number of ether oxygens (including phenoxy) is 4. The van der Waals surface area contributed by atoms with Crippen LogP contribution in [0.15, 0.2) is 42.5 Å². The topological polar surface area (TPSA) is 54.0 Å². The third kappa shape index (κ3) is 7.20. The highest BCUT2D eigenvalue weighted by molar-refractivity contribution is 5.91. The molecule has 0 amide bonds. The quantitative estimate of drug-likeness (QED) is 0.291. The van der Waals surface area contributed by atoms with Crippen molar-refractivity contribution < 1.29 is 41.3 Å². The first-order valence-electron chi connectivity index (χ1n) is 10.3. The van der Waals surface area contributed by atoms with Gasteiger partial charge in [0.25, 0.3) is 0 Å². The summed E-state index contributed by atoms with van der Waals surface area (Å²) in [6, 6.07) is 9.08. The highest BCUT2D eigenvalue weighted by Crippen LogP contribution is 2.28. The van der Waals surface area contributed by atoms with Crippen molar-refractivity contribution >= 4 is 5.97 Å². The van der Waals surface area contributed by atoms with E-state index < -0.39 is 23.9 Å². The van der Waals surface area contributed by atoms with Crippen molar-refractivity contribution in [2.24, 2.45) is 5.92 Å². The van der Waals surface area contributed by atoms with Crippen LogP contribution in [0.2, 0.25) is 0 Å². The van der Waals surface area contributed by atoms with Gasteiger partial charge in [-0.2, -0.15) is 0 Å². The molecule has 1 aliphatic heterocycles. The molecule has 0 N–H and O–H groups in total. The first-order valence-corrected chi connectivity index (χ1v) is 10.3. The van der Waals surface area contributed by atoms with Gasteiger partial charge in [0.05, 0.1) is 18.8 Å². The van der Waals surface area contributed by atoms with Crippen molar-refractivity contribution in [1.29, 1.82) is 0 Å². The summed E-state index contributed by atoms with van der Waals surface area (Å²) in [4.78, 5) is 12.2. The molecule has 2 aromatic rings. The SMILES string of the molecule is CCCC1COC(CCc2ccc(C(=O)Oc3ccc(OC(F)(F)F)c(F)c3)cc2)OC1. The van der Waals surface area contributed by atoms with E-state index >= 15 is 0 Å². The number of rotatable bonds is 8. The van der Waals surface area contributed by atoms with Crippen LogP contribution in [-0.4, -0.2) is 31.8 Å². The molecule has 174 valence electrons. The van der Waals surface area contributed by atoms with Gasteiger partial charge in [-0.05, 0) is 42.7 Å². The average molecular weight is 456 g/mol. The molecule has 0 radical (unpaired) electrons. The summed E-state index contributed by atoms with van der Waals surface area (Å²) >= 11 is 0. The van der Waals surface area contributed by atoms with Gasteiger partial charge < -0.3 is 18.9 Å². The standard InChI is InChI=1S/C23H24F4O5/c1-2-3-16-13-29-21(30-14-16)11-6-15-4-7-17(8-5-15)22(28)31-18-9-10-20(19(24)12-18)32-23(25,26)27/h4-5,7-10,12,16,21H,2-3,6,11,13-14H2,1H3. The molecule has 0 atom stereocenters. The summed E-state index contributed by atoms with van der Waals surface area (Å²) in [6.07, 6.45) is -1.69. The Morgan fingerprint density at radius 1 is 1.06 bits per heavy atom. The Kier molecular flexibility index (Phi) is 8.09. The third-order valence-corrected chi connectivity index (χ3v) is 4.93. The summed E-state index contributed by atoms with van der Waals surface area (Å²) < 4.78 is 70.4. The molecule has 0 saturated carbocycles. The van der Waals surface area contributed by atoms with Crippen LogP contribution in [0.5, 0.6) is 11.5 Å². The summed E-state index contributed by atoms with van der Waals surface area (Å²) in [5.74, 6) is -2.85. The van der Waals surface area contributed by atoms with Crippen molar-refractivity contribution in [1.82, 2.24) is 0 Å². The van der Waals surface area contributed by atoms with E-state index in [9.17, 15) is 22.4 Å². The second-order valence-electron chi connectivity index (χ2n) is 7.52. The minimum Gasteiger partial charge on any atom is -0.423 e. The highest BCUT2D eigenvalue weighted by atomic mass is 19.4. The molecule has 9 heteroatoms. The molecule has 1 aliphatic rings. The molecule has 0 aromatic heterocycles. The Labute approximate surface area is 183 Å². The molecule has 0 spiro atoms. The van der Waals surface area contributed by atoms with Crippen molar-refractivity contribution in [3.63, 3.8) is 0 Å². The zero-order chi connectivity index (χ0) is 23.1. The number of hydrogen-bond acceptors (Lipinski definition) is 5. The second kappa shape index (κ2) is 10.8. The molecule has 3 rings (SSSR count). The Morgan fingerprint density at radius 3 is 2.34 bits per heavy atom. The van der Waals surface area contributed by atoms with Crippen LogP contribution >= 0.6 is 0 Å². The Bertz CT molecular complexity index is 890. The normalized spacial score (nSPS) is 18.9. The first-order chi connectivity index (χ1) is 15.2. The van der Waals surface area contributed by atoms with E-state index in [4.69, 9.17) is 14.2 Å². The van der Waals surface area contributed by atoms with Gasteiger partial charge >= 0.3 is 12.3 Å². The third-order valence-electron chi connectivity index (χ3n) is 4.93. The molecule has 32 heavy (non-hydrogen) atoms. The molecule has 0 aliphatic carbocycles. The van der Waals surface area contributed by atoms with Crippen LogP contribution in [0, 0.1) is 11.7 Å². The summed E-state index contributed by atoms with van der Waals surface area (Å²) in [5, 5.41) is 0. The Morgan fingerprint density at radius 2 is 1.75 bits per heavy atom. The van der Waals surface area contributed by atoms with Crippen LogP contribution in [0.4, 0.5) is 17.6 Å². The fourth-order valence-electron chi connectivity index (χ4n) is 3.34. The van der Waals surface area contributed by atoms with Crippen molar-refractivity contribution in [2.75, 3.05) is 13.2 Å². The Balaban J connectivity index is 1.49. The number of hydrogen-bond donors (Lipinski definition) is 0. The number of halogens is 4. The first kappa shape index (κ1) is 24.0. The molecule has 5 nitrogen and oxygen atoms in total. The van der Waals surface area contributed by atoms with Crippen LogP contribution in [0.3, 0.4) is 0 Å². The van der Waals surface area contributed by atoms with E-state index in [0.717, 1.165) is 30.5 Å². The monoisotopic (exact) mass is 456 g/mol. The predicted octanol–water partition coefficient (Wildman–Crippen LogP) is 5.67. The number of alkyl halides is 3. The second-order valence-corrected chi connectivity index (χ2v) is 7.52. The number of aryl methyl sites for hydroxylation is 1. The smallest absolute Gasteiger partial charge is 0.423 e. The van der Waals surface area contributed by atoms with Gasteiger partial charge in [0.2, 0.25) is 0 Å². The molecular formula is C23H24F4O5. The van der Waals surface area contributed by atoms with Gasteiger partial charge in [0, 0.05) is 18.4 Å². The zero-order valence-electron chi connectivity index (χ0n) is 17.5. The summed E-state index contributed by atoms with van der Waals surface area (Å²) in [6.45, 7) is 3.54. The lowest BCUT2D eigenvalue weighted by Gasteiger charge is -2.29. The van der Waals surface area contributed by atoms with Crippen molar-refractivity contribution in [3.8, 4) is 11.5 Å². The average Bonchev–Trinajstić information content (AvgIpc) is 2.75. The largest absolute Gasteiger partial charge is 0.573 e. The van der Waals surface area contributed by atoms with E-state index in [-0.39, 0.29) is 17.6 Å². The Hall–Kier alpha value is -2.65. The molecule has 0 bridgehead atoms. The summed E-state index contributed by atoms with van der Waals surface area (Å²) in [5.41, 5.74) is 1.20. The minimum absolute atomic E-state index is 0.220. The predicted molar refractivity (Wildman–Crippen MR) is 107 cm³/mol. The maximum absolute atomic E-state index is 13.7. The van der Waals surface area contributed by atoms with E-state index in [0.29, 0.717) is 38.0 Å². The van der Waals surface area contributed by atoms with Crippen LogP contribution < -0.4 is 9.47 Å². The lowest BCUT2D eigenvalue weighted by molar-refractivity contribution is -0.275. The van der Waals surface area contributed by atoms with Gasteiger partial charge in [0.1, 0.15) is 5.75 Å². The highest BCUT2D eigenvalue weighted by Gasteiger charge is 2.32. The molecule has 2 aromatic carbocycles. The number of carbonyl (C=O) groups is 1. The number of carbonyl (C=O) groups excluding carboxylic acids is 1. The maximum atomic E-state index is 13.7. The lowest BCUT2D eigenvalue weighted by Crippen LogP contribution is -2.32. The molecule has 1 fully saturated rings. The van der Waals surface area contributed by atoms with Gasteiger partial charge in [-0.1, -0.05) is 25.5 Å². The van der Waals surface area contributed by atoms with Gasteiger partial charge in [-0.15, -0.1) is 13.2 Å². The van der Waals surface area contributed by atoms with Crippen LogP contribution in [0.25, 0.3) is 0 Å². The molecule has 1 heterocycles. The van der Waals surface area contributed by atoms with Gasteiger partial charge in [-0.3, -0.25) is 0 Å². The van der Waals surface area contributed by atoms with Crippen LogP contribution in [0.1, 0.15) is 42.1 Å².